The SMILES string of the molecule is CCOC(OCC)c1nc(CSCC(C)C)no1. The predicted molar refractivity (Wildman–Crippen MR) is 71.3 cm³/mol. The zero-order valence-corrected chi connectivity index (χ0v) is 12.3. The topological polar surface area (TPSA) is 57.4 Å². The van der Waals surface area contributed by atoms with Crippen molar-refractivity contribution in [3.63, 3.8) is 0 Å². The Morgan fingerprint density at radius 2 is 1.89 bits per heavy atom. The van der Waals surface area contributed by atoms with E-state index in [0.717, 1.165) is 11.5 Å². The highest BCUT2D eigenvalue weighted by Gasteiger charge is 2.19. The third kappa shape index (κ3) is 5.37. The van der Waals surface area contributed by atoms with Crippen LogP contribution in [0, 0.1) is 5.92 Å². The Hall–Kier alpha value is -0.590. The van der Waals surface area contributed by atoms with E-state index < -0.39 is 6.29 Å². The summed E-state index contributed by atoms with van der Waals surface area (Å²) < 4.78 is 16.0. The Balaban J connectivity index is 2.49. The molecule has 0 bridgehead atoms. The number of nitrogens with zero attached hydrogens (tertiary/aromatic N) is 2. The van der Waals surface area contributed by atoms with Crippen molar-refractivity contribution >= 4 is 11.8 Å². The lowest BCUT2D eigenvalue weighted by Crippen LogP contribution is -2.09. The lowest BCUT2D eigenvalue weighted by molar-refractivity contribution is -0.155. The summed E-state index contributed by atoms with van der Waals surface area (Å²) in [5, 5.41) is 3.93. The average molecular weight is 274 g/mol. The molecule has 1 aromatic rings. The Morgan fingerprint density at radius 1 is 1.22 bits per heavy atom. The molecule has 6 heteroatoms. The molecular weight excluding hydrogens is 252 g/mol. The number of hydrogen-bond donors (Lipinski definition) is 0. The van der Waals surface area contributed by atoms with Crippen LogP contribution in [0.3, 0.4) is 0 Å². The second kappa shape index (κ2) is 8.50. The Labute approximate surface area is 113 Å². The van der Waals surface area contributed by atoms with E-state index in [4.69, 9.17) is 14.0 Å². The van der Waals surface area contributed by atoms with Gasteiger partial charge in [0.1, 0.15) is 0 Å². The fourth-order valence-electron chi connectivity index (χ4n) is 1.30. The van der Waals surface area contributed by atoms with Crippen LogP contribution in [0.2, 0.25) is 0 Å². The number of aromatic nitrogens is 2. The quantitative estimate of drug-likeness (QED) is 0.645. The van der Waals surface area contributed by atoms with E-state index in [0.29, 0.717) is 30.8 Å². The van der Waals surface area contributed by atoms with E-state index in [2.05, 4.69) is 24.0 Å². The van der Waals surface area contributed by atoms with Crippen LogP contribution in [0.5, 0.6) is 0 Å². The van der Waals surface area contributed by atoms with Gasteiger partial charge in [-0.05, 0) is 25.5 Å². The van der Waals surface area contributed by atoms with Crippen molar-refractivity contribution in [2.24, 2.45) is 5.92 Å². The second-order valence-electron chi connectivity index (χ2n) is 4.20. The van der Waals surface area contributed by atoms with Gasteiger partial charge in [0.05, 0.1) is 5.75 Å². The van der Waals surface area contributed by atoms with Gasteiger partial charge in [-0.15, -0.1) is 0 Å². The van der Waals surface area contributed by atoms with Crippen LogP contribution in [-0.2, 0) is 15.2 Å². The molecule has 5 nitrogen and oxygen atoms in total. The highest BCUT2D eigenvalue weighted by atomic mass is 32.2. The van der Waals surface area contributed by atoms with Crippen molar-refractivity contribution in [3.05, 3.63) is 11.7 Å². The van der Waals surface area contributed by atoms with Gasteiger partial charge in [-0.3, -0.25) is 0 Å². The first-order valence-electron chi connectivity index (χ1n) is 6.30. The molecule has 0 amide bonds. The molecule has 0 N–H and O–H groups in total. The van der Waals surface area contributed by atoms with Crippen molar-refractivity contribution < 1.29 is 14.0 Å². The van der Waals surface area contributed by atoms with Crippen molar-refractivity contribution in [2.75, 3.05) is 19.0 Å². The minimum atomic E-state index is -0.545. The number of ether oxygens (including phenoxy) is 2. The summed E-state index contributed by atoms with van der Waals surface area (Å²) in [5.41, 5.74) is 0. The van der Waals surface area contributed by atoms with Gasteiger partial charge < -0.3 is 14.0 Å². The molecule has 0 aliphatic heterocycles. The molecule has 104 valence electrons. The third-order valence-corrected chi connectivity index (χ3v) is 3.37. The molecule has 0 unspecified atom stereocenters. The normalized spacial score (nSPS) is 11.7. The zero-order chi connectivity index (χ0) is 13.4. The zero-order valence-electron chi connectivity index (χ0n) is 11.5. The summed E-state index contributed by atoms with van der Waals surface area (Å²) in [6.07, 6.45) is -0.545. The molecule has 0 fully saturated rings. The Morgan fingerprint density at radius 3 is 2.44 bits per heavy atom. The fourth-order valence-corrected chi connectivity index (χ4v) is 2.19. The summed E-state index contributed by atoms with van der Waals surface area (Å²) >= 11 is 1.80. The average Bonchev–Trinajstić information content (AvgIpc) is 2.77. The molecule has 0 spiro atoms. The lowest BCUT2D eigenvalue weighted by atomic mass is 10.3. The minimum absolute atomic E-state index is 0.402. The lowest BCUT2D eigenvalue weighted by Gasteiger charge is -2.11. The first-order chi connectivity index (χ1) is 8.67. The highest BCUT2D eigenvalue weighted by Crippen LogP contribution is 2.19. The maximum Gasteiger partial charge on any atom is 0.283 e. The van der Waals surface area contributed by atoms with Gasteiger partial charge in [0.2, 0.25) is 6.29 Å². The maximum absolute atomic E-state index is 5.40. The van der Waals surface area contributed by atoms with Crippen molar-refractivity contribution in [2.45, 2.75) is 39.7 Å². The third-order valence-electron chi connectivity index (χ3n) is 2.00. The molecule has 0 atom stereocenters. The predicted octanol–water partition coefficient (Wildman–Crippen LogP) is 3.03. The summed E-state index contributed by atoms with van der Waals surface area (Å²) in [7, 11) is 0. The summed E-state index contributed by atoms with van der Waals surface area (Å²) in [6.45, 7) is 9.28. The standard InChI is InChI=1S/C12H22N2O3S/c1-5-15-12(16-6-2)11-13-10(14-17-11)8-18-7-9(3)4/h9,12H,5-8H2,1-4H3. The first kappa shape index (κ1) is 15.5. The van der Waals surface area contributed by atoms with Gasteiger partial charge in [-0.1, -0.05) is 19.0 Å². The van der Waals surface area contributed by atoms with Crippen LogP contribution < -0.4 is 0 Å². The maximum atomic E-state index is 5.40. The molecule has 0 saturated carbocycles. The smallest absolute Gasteiger partial charge is 0.283 e. The summed E-state index contributed by atoms with van der Waals surface area (Å²) in [5.74, 6) is 3.61. The largest absolute Gasteiger partial charge is 0.345 e. The van der Waals surface area contributed by atoms with Crippen LogP contribution in [0.15, 0.2) is 4.52 Å². The number of hydrogen-bond acceptors (Lipinski definition) is 6. The van der Waals surface area contributed by atoms with Crippen LogP contribution in [0.1, 0.15) is 45.7 Å². The molecule has 0 aliphatic carbocycles. The van der Waals surface area contributed by atoms with E-state index in [1.165, 1.54) is 0 Å². The van der Waals surface area contributed by atoms with Crippen LogP contribution in [0.4, 0.5) is 0 Å². The molecule has 0 radical (unpaired) electrons. The van der Waals surface area contributed by atoms with Crippen LogP contribution in [-0.4, -0.2) is 29.1 Å². The van der Waals surface area contributed by atoms with E-state index in [9.17, 15) is 0 Å². The second-order valence-corrected chi connectivity index (χ2v) is 5.23. The monoisotopic (exact) mass is 274 g/mol. The van der Waals surface area contributed by atoms with Crippen LogP contribution in [0.25, 0.3) is 0 Å². The molecular formula is C12H22N2O3S. The molecule has 1 aromatic heterocycles. The van der Waals surface area contributed by atoms with Crippen molar-refractivity contribution in [1.29, 1.82) is 0 Å². The number of thioether (sulfide) groups is 1. The fraction of sp³-hybridized carbons (Fsp3) is 0.833. The Kier molecular flexibility index (Phi) is 7.31. The molecule has 1 rings (SSSR count). The van der Waals surface area contributed by atoms with Gasteiger partial charge in [-0.25, -0.2) is 0 Å². The van der Waals surface area contributed by atoms with E-state index >= 15 is 0 Å². The van der Waals surface area contributed by atoms with E-state index in [1.54, 1.807) is 11.8 Å². The van der Waals surface area contributed by atoms with Gasteiger partial charge in [-0.2, -0.15) is 16.7 Å². The minimum Gasteiger partial charge on any atom is -0.345 e. The number of rotatable bonds is 9. The van der Waals surface area contributed by atoms with Gasteiger partial charge in [0.15, 0.2) is 5.82 Å². The van der Waals surface area contributed by atoms with Crippen molar-refractivity contribution in [3.8, 4) is 0 Å². The molecule has 1 heterocycles. The molecule has 0 aliphatic rings. The Bertz CT molecular complexity index is 325. The van der Waals surface area contributed by atoms with Crippen molar-refractivity contribution in [1.82, 2.24) is 10.1 Å². The molecule has 18 heavy (non-hydrogen) atoms. The first-order valence-corrected chi connectivity index (χ1v) is 7.46. The van der Waals surface area contributed by atoms with E-state index in [-0.39, 0.29) is 0 Å². The van der Waals surface area contributed by atoms with Gasteiger partial charge in [0, 0.05) is 13.2 Å². The van der Waals surface area contributed by atoms with Gasteiger partial charge in [0.25, 0.3) is 5.89 Å². The highest BCUT2D eigenvalue weighted by molar-refractivity contribution is 7.98. The summed E-state index contributed by atoms with van der Waals surface area (Å²) in [4.78, 5) is 4.30. The van der Waals surface area contributed by atoms with Gasteiger partial charge >= 0.3 is 0 Å². The molecule has 0 saturated heterocycles. The van der Waals surface area contributed by atoms with E-state index in [1.807, 2.05) is 13.8 Å². The summed E-state index contributed by atoms with van der Waals surface area (Å²) in [6, 6.07) is 0. The van der Waals surface area contributed by atoms with Crippen LogP contribution >= 0.6 is 11.8 Å². The molecule has 0 aromatic carbocycles.